The summed E-state index contributed by atoms with van der Waals surface area (Å²) < 4.78 is 7.23. The molecule has 3 heterocycles. The third kappa shape index (κ3) is 3.90. The minimum atomic E-state index is -0.350. The summed E-state index contributed by atoms with van der Waals surface area (Å²) in [5.74, 6) is 0. The average Bonchev–Trinajstić information content (AvgIpc) is 3.21. The zero-order valence-corrected chi connectivity index (χ0v) is 14.4. The molecule has 7 nitrogen and oxygen atoms in total. The Morgan fingerprint density at radius 2 is 1.96 bits per heavy atom. The molecule has 0 amide bonds. The van der Waals surface area contributed by atoms with E-state index in [1.165, 1.54) is 0 Å². The summed E-state index contributed by atoms with van der Waals surface area (Å²) in [6.07, 6.45) is 2.75. The molecule has 1 aromatic carbocycles. The van der Waals surface area contributed by atoms with Crippen LogP contribution in [0.1, 0.15) is 12.1 Å². The highest BCUT2D eigenvalue weighted by atomic mass is 16.5. The number of aromatic nitrogens is 3. The van der Waals surface area contributed by atoms with Crippen molar-refractivity contribution in [3.63, 3.8) is 0 Å². The smallest absolute Gasteiger partial charge is 0.0971 e. The molecule has 0 spiro atoms. The van der Waals surface area contributed by atoms with Crippen LogP contribution in [0, 0.1) is 0 Å². The molecule has 2 fully saturated rings. The zero-order chi connectivity index (χ0) is 17.1. The summed E-state index contributed by atoms with van der Waals surface area (Å²) in [7, 11) is 0. The van der Waals surface area contributed by atoms with Gasteiger partial charge in [-0.15, -0.1) is 5.10 Å². The number of rotatable bonds is 4. The first kappa shape index (κ1) is 16.7. The summed E-state index contributed by atoms with van der Waals surface area (Å²) in [6.45, 7) is 5.90. The summed E-state index contributed by atoms with van der Waals surface area (Å²) in [5, 5.41) is 18.6. The SMILES string of the molecule is O[C@H]1COC[C@@H]1N1CCCN(Cc2cn(-c3ccccc3)nn2)CC1. The van der Waals surface area contributed by atoms with Gasteiger partial charge in [0.15, 0.2) is 0 Å². The largest absolute Gasteiger partial charge is 0.389 e. The maximum Gasteiger partial charge on any atom is 0.0971 e. The molecule has 1 N–H and O–H groups in total. The molecule has 2 aliphatic heterocycles. The molecule has 2 atom stereocenters. The number of hydrogen-bond acceptors (Lipinski definition) is 6. The van der Waals surface area contributed by atoms with E-state index in [0.29, 0.717) is 13.2 Å². The van der Waals surface area contributed by atoms with E-state index in [1.807, 2.05) is 41.2 Å². The first-order valence-corrected chi connectivity index (χ1v) is 8.98. The molecule has 25 heavy (non-hydrogen) atoms. The molecule has 2 aromatic rings. The topological polar surface area (TPSA) is 66.7 Å². The minimum Gasteiger partial charge on any atom is -0.389 e. The number of nitrogens with zero attached hydrogens (tertiary/aromatic N) is 5. The minimum absolute atomic E-state index is 0.152. The molecule has 7 heteroatoms. The van der Waals surface area contributed by atoms with Gasteiger partial charge in [-0.25, -0.2) is 4.68 Å². The lowest BCUT2D eigenvalue weighted by Crippen LogP contribution is -2.44. The second-order valence-electron chi connectivity index (χ2n) is 6.83. The maximum atomic E-state index is 10.0. The van der Waals surface area contributed by atoms with E-state index in [-0.39, 0.29) is 12.1 Å². The van der Waals surface area contributed by atoms with E-state index in [2.05, 4.69) is 20.1 Å². The van der Waals surface area contributed by atoms with Gasteiger partial charge < -0.3 is 9.84 Å². The molecule has 2 aliphatic rings. The molecule has 134 valence electrons. The Morgan fingerprint density at radius 3 is 2.76 bits per heavy atom. The lowest BCUT2D eigenvalue weighted by Gasteiger charge is -2.28. The fourth-order valence-electron chi connectivity index (χ4n) is 3.67. The lowest BCUT2D eigenvalue weighted by molar-refractivity contribution is 0.0837. The van der Waals surface area contributed by atoms with Crippen LogP contribution in [0.25, 0.3) is 5.69 Å². The first-order chi connectivity index (χ1) is 12.3. The van der Waals surface area contributed by atoms with Crippen LogP contribution in [0.15, 0.2) is 36.5 Å². The summed E-state index contributed by atoms with van der Waals surface area (Å²) in [4.78, 5) is 4.79. The number of aliphatic hydroxyl groups excluding tert-OH is 1. The molecule has 0 saturated carbocycles. The van der Waals surface area contributed by atoms with Crippen molar-refractivity contribution in [2.75, 3.05) is 39.4 Å². The molecule has 4 rings (SSSR count). The highest BCUT2D eigenvalue weighted by Gasteiger charge is 2.32. The number of hydrogen-bond donors (Lipinski definition) is 1. The van der Waals surface area contributed by atoms with Crippen molar-refractivity contribution in [3.05, 3.63) is 42.2 Å². The van der Waals surface area contributed by atoms with Gasteiger partial charge in [0.05, 0.1) is 42.9 Å². The summed E-state index contributed by atoms with van der Waals surface area (Å²) >= 11 is 0. The Hall–Kier alpha value is -1.80. The second kappa shape index (κ2) is 7.61. The molecular formula is C18H25N5O2. The van der Waals surface area contributed by atoms with Gasteiger partial charge in [0.1, 0.15) is 0 Å². The van der Waals surface area contributed by atoms with Gasteiger partial charge in [-0.3, -0.25) is 9.80 Å². The first-order valence-electron chi connectivity index (χ1n) is 8.98. The normalized spacial score (nSPS) is 26.0. The van der Waals surface area contributed by atoms with Crippen LogP contribution in [0.4, 0.5) is 0 Å². The molecule has 0 aliphatic carbocycles. The molecule has 0 unspecified atom stereocenters. The van der Waals surface area contributed by atoms with E-state index < -0.39 is 0 Å². The van der Waals surface area contributed by atoms with Crippen molar-refractivity contribution in [2.45, 2.75) is 25.1 Å². The number of aliphatic hydroxyl groups is 1. The number of ether oxygens (including phenoxy) is 1. The van der Waals surface area contributed by atoms with E-state index in [1.54, 1.807) is 0 Å². The van der Waals surface area contributed by atoms with E-state index >= 15 is 0 Å². The van der Waals surface area contributed by atoms with E-state index in [9.17, 15) is 5.11 Å². The Bertz CT molecular complexity index is 677. The Labute approximate surface area is 147 Å². The third-order valence-electron chi connectivity index (χ3n) is 5.06. The van der Waals surface area contributed by atoms with E-state index in [0.717, 1.165) is 50.5 Å². The van der Waals surface area contributed by atoms with Gasteiger partial charge in [-0.1, -0.05) is 23.4 Å². The van der Waals surface area contributed by atoms with Gasteiger partial charge in [0, 0.05) is 19.6 Å². The van der Waals surface area contributed by atoms with Gasteiger partial charge in [-0.2, -0.15) is 0 Å². The van der Waals surface area contributed by atoms with Crippen molar-refractivity contribution in [2.24, 2.45) is 0 Å². The van der Waals surface area contributed by atoms with Crippen LogP contribution in [-0.4, -0.2) is 81.4 Å². The highest BCUT2D eigenvalue weighted by molar-refractivity contribution is 5.29. The second-order valence-corrected chi connectivity index (χ2v) is 6.83. The predicted molar refractivity (Wildman–Crippen MR) is 93.4 cm³/mol. The quantitative estimate of drug-likeness (QED) is 0.874. The summed E-state index contributed by atoms with van der Waals surface area (Å²) in [5.41, 5.74) is 2.01. The molecule has 1 aromatic heterocycles. The van der Waals surface area contributed by atoms with Crippen molar-refractivity contribution < 1.29 is 9.84 Å². The van der Waals surface area contributed by atoms with Crippen LogP contribution in [0.5, 0.6) is 0 Å². The van der Waals surface area contributed by atoms with Crippen molar-refractivity contribution in [3.8, 4) is 5.69 Å². The van der Waals surface area contributed by atoms with Crippen molar-refractivity contribution in [1.82, 2.24) is 24.8 Å². The average molecular weight is 343 g/mol. The summed E-state index contributed by atoms with van der Waals surface area (Å²) in [6, 6.07) is 10.2. The van der Waals surface area contributed by atoms with Gasteiger partial charge in [-0.05, 0) is 31.6 Å². The Kier molecular flexibility index (Phi) is 5.07. The fourth-order valence-corrected chi connectivity index (χ4v) is 3.67. The highest BCUT2D eigenvalue weighted by Crippen LogP contribution is 2.17. The van der Waals surface area contributed by atoms with Gasteiger partial charge >= 0.3 is 0 Å². The standard InChI is InChI=1S/C18H25N5O2/c24-18-14-25-13-17(18)22-8-4-7-21(9-10-22)11-15-12-23(20-19-15)16-5-2-1-3-6-16/h1-3,5-6,12,17-18,24H,4,7-11,13-14H2/t17-,18-/m0/s1. The predicted octanol–water partition coefficient (Wildman–Crippen LogP) is 0.535. The van der Waals surface area contributed by atoms with Gasteiger partial charge in [0.2, 0.25) is 0 Å². The fraction of sp³-hybridized carbons (Fsp3) is 0.556. The van der Waals surface area contributed by atoms with E-state index in [4.69, 9.17) is 4.74 Å². The van der Waals surface area contributed by atoms with Gasteiger partial charge in [0.25, 0.3) is 0 Å². The Morgan fingerprint density at radius 1 is 1.08 bits per heavy atom. The van der Waals surface area contributed by atoms with Crippen molar-refractivity contribution in [1.29, 1.82) is 0 Å². The Balaban J connectivity index is 1.35. The molecule has 0 bridgehead atoms. The lowest BCUT2D eigenvalue weighted by atomic mass is 10.2. The number of benzene rings is 1. The van der Waals surface area contributed by atoms with Crippen LogP contribution >= 0.6 is 0 Å². The van der Waals surface area contributed by atoms with Crippen LogP contribution < -0.4 is 0 Å². The van der Waals surface area contributed by atoms with Crippen LogP contribution in [0.3, 0.4) is 0 Å². The molecular weight excluding hydrogens is 318 g/mol. The maximum absolute atomic E-state index is 10.0. The molecule has 0 radical (unpaired) electrons. The van der Waals surface area contributed by atoms with Crippen LogP contribution in [-0.2, 0) is 11.3 Å². The number of para-hydroxylation sites is 1. The third-order valence-corrected chi connectivity index (χ3v) is 5.06. The molecule has 2 saturated heterocycles. The van der Waals surface area contributed by atoms with Crippen LogP contribution in [0.2, 0.25) is 0 Å². The van der Waals surface area contributed by atoms with Crippen molar-refractivity contribution >= 4 is 0 Å². The zero-order valence-electron chi connectivity index (χ0n) is 14.4. The monoisotopic (exact) mass is 343 g/mol.